The number of rotatable bonds is 2. The molecular formula is C22H25ClN6O. The maximum Gasteiger partial charge on any atom is 0.257 e. The van der Waals surface area contributed by atoms with Crippen LogP contribution in [0.4, 0.5) is 0 Å². The number of fused-ring (bicyclic) bond motifs is 2. The number of halogens is 1. The van der Waals surface area contributed by atoms with Gasteiger partial charge in [0, 0.05) is 30.4 Å². The third-order valence-corrected chi connectivity index (χ3v) is 6.81. The highest BCUT2D eigenvalue weighted by atomic mass is 35.5. The van der Waals surface area contributed by atoms with Crippen molar-refractivity contribution in [2.45, 2.75) is 51.9 Å². The molecule has 2 aliphatic rings. The van der Waals surface area contributed by atoms with Gasteiger partial charge in [0.2, 0.25) is 0 Å². The summed E-state index contributed by atoms with van der Waals surface area (Å²) in [5.74, 6) is 1.14. The lowest BCUT2D eigenvalue weighted by atomic mass is 9.84. The third kappa shape index (κ3) is 3.35. The first-order valence-electron chi connectivity index (χ1n) is 10.7. The van der Waals surface area contributed by atoms with Gasteiger partial charge in [0.15, 0.2) is 0 Å². The molecule has 30 heavy (non-hydrogen) atoms. The summed E-state index contributed by atoms with van der Waals surface area (Å²) in [6.45, 7) is 5.53. The molecule has 1 amide bonds. The fraction of sp³-hybridized carbons (Fsp3) is 0.500. The summed E-state index contributed by atoms with van der Waals surface area (Å²) < 4.78 is 1.80. The van der Waals surface area contributed by atoms with Gasteiger partial charge in [0.25, 0.3) is 11.7 Å². The molecule has 5 rings (SSSR count). The van der Waals surface area contributed by atoms with Gasteiger partial charge in [-0.1, -0.05) is 18.5 Å². The summed E-state index contributed by atoms with van der Waals surface area (Å²) in [7, 11) is 0. The largest absolute Gasteiger partial charge is 0.338 e. The van der Waals surface area contributed by atoms with Crippen molar-refractivity contribution < 1.29 is 4.79 Å². The summed E-state index contributed by atoms with van der Waals surface area (Å²) in [5.41, 5.74) is 4.71. The van der Waals surface area contributed by atoms with E-state index in [4.69, 9.17) is 11.6 Å². The maximum atomic E-state index is 13.4. The number of aromatic nitrogens is 5. The molecule has 8 heteroatoms. The second kappa shape index (κ2) is 7.61. The molecule has 1 aliphatic heterocycles. The van der Waals surface area contributed by atoms with Crippen LogP contribution in [0.2, 0.25) is 5.15 Å². The number of amides is 1. The maximum absolute atomic E-state index is 13.4. The highest BCUT2D eigenvalue weighted by Gasteiger charge is 2.33. The standard InChI is InChI=1S/C22H25ClN6O/c1-13-7-8-28(11-17(13)19-9-14(2)26-22-24-12-25-29(19)22)21(30)16-10-15-5-3-4-6-18(15)27-20(16)23/h9-10,12-13,17H,3-8,11H2,1-2H3/t13-,17-/m1/s1. The van der Waals surface area contributed by atoms with Crippen LogP contribution >= 0.6 is 11.6 Å². The number of piperidine rings is 1. The normalized spacial score (nSPS) is 21.6. The van der Waals surface area contributed by atoms with Crippen molar-refractivity contribution >= 4 is 23.3 Å². The van der Waals surface area contributed by atoms with Gasteiger partial charge in [-0.05, 0) is 62.6 Å². The minimum absolute atomic E-state index is 0.0293. The zero-order chi connectivity index (χ0) is 20.8. The topological polar surface area (TPSA) is 76.3 Å². The molecule has 0 bridgehead atoms. The minimum atomic E-state index is -0.0293. The number of pyridine rings is 1. The molecule has 3 aromatic heterocycles. The van der Waals surface area contributed by atoms with E-state index >= 15 is 0 Å². The molecule has 0 aromatic carbocycles. The average molecular weight is 425 g/mol. The summed E-state index contributed by atoms with van der Waals surface area (Å²) in [5, 5.41) is 4.70. The van der Waals surface area contributed by atoms with E-state index in [0.717, 1.165) is 49.2 Å². The molecule has 0 N–H and O–H groups in total. The van der Waals surface area contributed by atoms with Gasteiger partial charge >= 0.3 is 0 Å². The summed E-state index contributed by atoms with van der Waals surface area (Å²) in [6, 6.07) is 4.04. The van der Waals surface area contributed by atoms with E-state index in [1.54, 1.807) is 4.52 Å². The fourth-order valence-corrected chi connectivity index (χ4v) is 5.03. The summed E-state index contributed by atoms with van der Waals surface area (Å²) in [4.78, 5) is 28.6. The fourth-order valence-electron chi connectivity index (χ4n) is 4.79. The minimum Gasteiger partial charge on any atom is -0.338 e. The molecule has 156 valence electrons. The van der Waals surface area contributed by atoms with E-state index in [2.05, 4.69) is 33.0 Å². The Labute approximate surface area is 180 Å². The van der Waals surface area contributed by atoms with E-state index in [1.165, 1.54) is 11.9 Å². The lowest BCUT2D eigenvalue weighted by Gasteiger charge is -2.37. The number of hydrogen-bond donors (Lipinski definition) is 0. The Morgan fingerprint density at radius 1 is 1.20 bits per heavy atom. The molecule has 0 radical (unpaired) electrons. The molecule has 4 heterocycles. The second-order valence-corrected chi connectivity index (χ2v) is 8.92. The van der Waals surface area contributed by atoms with Crippen molar-refractivity contribution in [3.63, 3.8) is 0 Å². The molecular weight excluding hydrogens is 400 g/mol. The molecule has 1 aliphatic carbocycles. The van der Waals surface area contributed by atoms with Gasteiger partial charge in [-0.15, -0.1) is 0 Å². The van der Waals surface area contributed by atoms with Gasteiger partial charge in [-0.2, -0.15) is 10.1 Å². The van der Waals surface area contributed by atoms with Gasteiger partial charge in [0.1, 0.15) is 11.5 Å². The SMILES string of the molecule is Cc1cc([C@@H]2CN(C(=O)c3cc4c(nc3Cl)CCCC4)CC[C@H]2C)n2ncnc2n1. The quantitative estimate of drug-likeness (QED) is 0.587. The number of aryl methyl sites for hydroxylation is 3. The third-order valence-electron chi connectivity index (χ3n) is 6.52. The van der Waals surface area contributed by atoms with E-state index < -0.39 is 0 Å². The van der Waals surface area contributed by atoms with Crippen molar-refractivity contribution in [3.05, 3.63) is 51.8 Å². The van der Waals surface area contributed by atoms with E-state index in [9.17, 15) is 4.79 Å². The zero-order valence-corrected chi connectivity index (χ0v) is 18.1. The van der Waals surface area contributed by atoms with Crippen LogP contribution in [-0.2, 0) is 12.8 Å². The van der Waals surface area contributed by atoms with Crippen molar-refractivity contribution in [1.29, 1.82) is 0 Å². The Morgan fingerprint density at radius 2 is 2.03 bits per heavy atom. The summed E-state index contributed by atoms with van der Waals surface area (Å²) in [6.07, 6.45) is 6.65. The van der Waals surface area contributed by atoms with Crippen LogP contribution in [-0.4, -0.2) is 48.5 Å². The first-order chi connectivity index (χ1) is 14.5. The predicted molar refractivity (Wildman–Crippen MR) is 114 cm³/mol. The Morgan fingerprint density at radius 3 is 2.90 bits per heavy atom. The number of carbonyl (C=O) groups is 1. The number of nitrogens with zero attached hydrogens (tertiary/aromatic N) is 6. The molecule has 0 saturated carbocycles. The van der Waals surface area contributed by atoms with Gasteiger partial charge < -0.3 is 4.90 Å². The lowest BCUT2D eigenvalue weighted by Crippen LogP contribution is -2.43. The molecule has 3 aromatic rings. The predicted octanol–water partition coefficient (Wildman–Crippen LogP) is 3.63. The van der Waals surface area contributed by atoms with Crippen molar-refractivity contribution in [3.8, 4) is 0 Å². The Hall–Kier alpha value is -2.54. The Kier molecular flexibility index (Phi) is 4.93. The lowest BCUT2D eigenvalue weighted by molar-refractivity contribution is 0.0665. The molecule has 0 spiro atoms. The van der Waals surface area contributed by atoms with Crippen LogP contribution in [0.1, 0.15) is 65.1 Å². The van der Waals surface area contributed by atoms with Crippen LogP contribution < -0.4 is 0 Å². The second-order valence-electron chi connectivity index (χ2n) is 8.56. The first kappa shape index (κ1) is 19.4. The molecule has 1 saturated heterocycles. The van der Waals surface area contributed by atoms with Crippen LogP contribution in [0.15, 0.2) is 18.5 Å². The highest BCUT2D eigenvalue weighted by Crippen LogP contribution is 2.34. The Bertz CT molecular complexity index is 1130. The number of carbonyl (C=O) groups excluding carboxylic acids is 1. The highest BCUT2D eigenvalue weighted by molar-refractivity contribution is 6.32. The van der Waals surface area contributed by atoms with Crippen LogP contribution in [0, 0.1) is 12.8 Å². The van der Waals surface area contributed by atoms with Crippen LogP contribution in [0.3, 0.4) is 0 Å². The van der Waals surface area contributed by atoms with Gasteiger partial charge in [-0.3, -0.25) is 4.79 Å². The monoisotopic (exact) mass is 424 g/mol. The van der Waals surface area contributed by atoms with Crippen LogP contribution in [0.25, 0.3) is 5.78 Å². The Balaban J connectivity index is 1.46. The molecule has 7 nitrogen and oxygen atoms in total. The zero-order valence-electron chi connectivity index (χ0n) is 17.3. The summed E-state index contributed by atoms with van der Waals surface area (Å²) >= 11 is 6.45. The van der Waals surface area contributed by atoms with Crippen molar-refractivity contribution in [2.24, 2.45) is 5.92 Å². The number of likely N-dealkylation sites (tertiary alicyclic amines) is 1. The van der Waals surface area contributed by atoms with Crippen LogP contribution in [0.5, 0.6) is 0 Å². The van der Waals surface area contributed by atoms with E-state index in [1.807, 2.05) is 17.9 Å². The van der Waals surface area contributed by atoms with Crippen molar-refractivity contribution in [2.75, 3.05) is 13.1 Å². The van der Waals surface area contributed by atoms with Gasteiger partial charge in [-0.25, -0.2) is 14.5 Å². The molecule has 2 atom stereocenters. The smallest absolute Gasteiger partial charge is 0.257 e. The molecule has 1 fully saturated rings. The number of hydrogen-bond acceptors (Lipinski definition) is 5. The van der Waals surface area contributed by atoms with Crippen molar-refractivity contribution in [1.82, 2.24) is 29.5 Å². The van der Waals surface area contributed by atoms with E-state index in [-0.39, 0.29) is 11.8 Å². The van der Waals surface area contributed by atoms with E-state index in [0.29, 0.717) is 35.5 Å². The average Bonchev–Trinajstić information content (AvgIpc) is 3.21. The first-order valence-corrected chi connectivity index (χ1v) is 11.0. The van der Waals surface area contributed by atoms with Gasteiger partial charge in [0.05, 0.1) is 11.3 Å². The molecule has 0 unspecified atom stereocenters.